The molecule has 9 atom stereocenters. The summed E-state index contributed by atoms with van der Waals surface area (Å²) in [6.07, 6.45) is -5.44. The zero-order valence-electron chi connectivity index (χ0n) is 36.2. The van der Waals surface area contributed by atoms with E-state index in [-0.39, 0.29) is 47.9 Å². The average Bonchev–Trinajstić information content (AvgIpc) is 3.30. The van der Waals surface area contributed by atoms with Crippen LogP contribution in [0.15, 0.2) is 47.6 Å². The summed E-state index contributed by atoms with van der Waals surface area (Å²) in [5, 5.41) is 103. The number of aliphatic imine (C=N–C) groups is 1. The maximum Gasteiger partial charge on any atom is 0.269 e. The number of nitrogens with two attached hydrogens (primary N) is 3. The highest BCUT2D eigenvalue weighted by Gasteiger charge is 2.34. The minimum absolute atomic E-state index is 0.0217. The molecule has 1 heterocycles. The number of anilines is 1. The first-order valence-electron chi connectivity index (χ1n) is 21.7. The minimum Gasteiger partial charge on any atom is -0.394 e. The Morgan fingerprint density at radius 1 is 0.738 bits per heavy atom. The normalized spacial score (nSPS) is 17.3. The highest BCUT2D eigenvalue weighted by Crippen LogP contribution is 2.30. The molecular weight excluding hydrogens is 868 g/mol. The van der Waals surface area contributed by atoms with Gasteiger partial charge in [0.05, 0.1) is 37.7 Å². The quantitative estimate of drug-likeness (QED) is 0.0213. The van der Waals surface area contributed by atoms with Crippen LogP contribution in [0.1, 0.15) is 76.1 Å². The van der Waals surface area contributed by atoms with Crippen molar-refractivity contribution in [2.45, 2.75) is 119 Å². The van der Waals surface area contributed by atoms with Gasteiger partial charge in [-0.05, 0) is 111 Å². The lowest BCUT2D eigenvalue weighted by Crippen LogP contribution is -2.53. The Hall–Kier alpha value is -4.26. The molecule has 3 aromatic rings. The third kappa shape index (κ3) is 15.7. The van der Waals surface area contributed by atoms with Crippen LogP contribution in [-0.2, 0) is 36.9 Å². The number of hydrogen-bond acceptors (Lipinski definition) is 17. The van der Waals surface area contributed by atoms with Crippen molar-refractivity contribution >= 4 is 34.9 Å². The molecule has 4 rings (SSSR count). The topological polar surface area (TPSA) is 368 Å². The molecule has 0 saturated heterocycles. The summed E-state index contributed by atoms with van der Waals surface area (Å²) in [4.78, 5) is 38.9. The van der Waals surface area contributed by atoms with Gasteiger partial charge in [0.15, 0.2) is 5.69 Å². The lowest BCUT2D eigenvalue weighted by atomic mass is 9.82. The molecule has 9 unspecified atom stereocenters. The van der Waals surface area contributed by atoms with Crippen molar-refractivity contribution in [3.63, 3.8) is 0 Å². The molecule has 0 saturated carbocycles. The van der Waals surface area contributed by atoms with E-state index in [9.17, 15) is 50.4 Å². The number of carbonyl (C=O) groups excluding carboxylic acids is 2. The van der Waals surface area contributed by atoms with E-state index >= 15 is 0 Å². The molecule has 360 valence electrons. The number of hydrogen-bond donors (Lipinski definition) is 14. The van der Waals surface area contributed by atoms with E-state index in [0.29, 0.717) is 31.5 Å². The van der Waals surface area contributed by atoms with Crippen LogP contribution in [0.4, 0.5) is 5.69 Å². The summed E-state index contributed by atoms with van der Waals surface area (Å²) < 4.78 is 0. The average molecular weight is 934 g/mol. The first-order chi connectivity index (χ1) is 30.9. The Kier molecular flexibility index (Phi) is 21.5. The van der Waals surface area contributed by atoms with Crippen LogP contribution in [0.5, 0.6) is 0 Å². The smallest absolute Gasteiger partial charge is 0.269 e. The van der Waals surface area contributed by atoms with Crippen molar-refractivity contribution in [2.75, 3.05) is 44.7 Å². The number of nitrogens with zero attached hydrogens (tertiary/aromatic N) is 4. The van der Waals surface area contributed by atoms with Crippen molar-refractivity contribution in [3.05, 3.63) is 87.0 Å². The van der Waals surface area contributed by atoms with Gasteiger partial charge >= 0.3 is 0 Å². The van der Waals surface area contributed by atoms with Crippen molar-refractivity contribution in [1.29, 1.82) is 0 Å². The van der Waals surface area contributed by atoms with E-state index in [0.717, 1.165) is 56.1 Å². The Morgan fingerprint density at radius 2 is 1.29 bits per heavy atom. The van der Waals surface area contributed by atoms with Crippen LogP contribution in [0.2, 0.25) is 5.15 Å². The summed E-state index contributed by atoms with van der Waals surface area (Å²) in [5.41, 5.74) is 24.2. The molecule has 2 aromatic carbocycles. The van der Waals surface area contributed by atoms with Gasteiger partial charge < -0.3 is 73.6 Å². The number of aliphatic hydroxyl groups is 10. The predicted molar refractivity (Wildman–Crippen MR) is 241 cm³/mol. The Morgan fingerprint density at radius 3 is 1.86 bits per heavy atom. The molecule has 0 radical (unpaired) electrons. The molecule has 0 fully saturated rings. The van der Waals surface area contributed by atoms with Crippen molar-refractivity contribution in [2.24, 2.45) is 22.2 Å². The summed E-state index contributed by atoms with van der Waals surface area (Å²) in [6, 6.07) is 10.5. The number of primary amides is 1. The molecular formula is C44H65ClN8O12. The molecule has 1 aliphatic rings. The summed E-state index contributed by atoms with van der Waals surface area (Å²) in [6.45, 7) is -1.89. The monoisotopic (exact) mass is 932 g/mol. The van der Waals surface area contributed by atoms with Crippen molar-refractivity contribution in [1.82, 2.24) is 14.9 Å². The van der Waals surface area contributed by atoms with Crippen molar-refractivity contribution < 1.29 is 60.7 Å². The first kappa shape index (κ1) is 53.4. The van der Waals surface area contributed by atoms with Gasteiger partial charge in [0.25, 0.3) is 5.91 Å². The molecule has 0 bridgehead atoms. The number of aliphatic hydroxyl groups excluding tert-OH is 10. The van der Waals surface area contributed by atoms with Gasteiger partial charge in [0.1, 0.15) is 53.3 Å². The Labute approximate surface area is 382 Å². The van der Waals surface area contributed by atoms with Crippen LogP contribution < -0.4 is 22.5 Å². The number of halogens is 1. The Bertz CT molecular complexity index is 1990. The number of unbranched alkanes of at least 4 members (excludes halogenated alkanes) is 1. The van der Waals surface area contributed by atoms with E-state index in [1.54, 1.807) is 12.1 Å². The third-order valence-electron chi connectivity index (χ3n) is 11.6. The van der Waals surface area contributed by atoms with Gasteiger partial charge in [0.2, 0.25) is 5.91 Å². The second-order valence-corrected chi connectivity index (χ2v) is 16.9. The number of aromatic nitrogens is 2. The van der Waals surface area contributed by atoms with Gasteiger partial charge in [-0.25, -0.2) is 9.97 Å². The molecule has 65 heavy (non-hydrogen) atoms. The van der Waals surface area contributed by atoms with E-state index in [1.165, 1.54) is 27.8 Å². The maximum absolute atomic E-state index is 13.3. The summed E-state index contributed by atoms with van der Waals surface area (Å²) >= 11 is 5.84. The predicted octanol–water partition coefficient (Wildman–Crippen LogP) is -2.55. The van der Waals surface area contributed by atoms with Crippen LogP contribution >= 0.6 is 11.6 Å². The van der Waals surface area contributed by atoms with E-state index in [1.807, 2.05) is 12.1 Å². The molecule has 17 N–H and O–H groups in total. The fraction of sp³-hybridized carbons (Fsp3) is 0.568. The molecule has 0 aliphatic heterocycles. The lowest BCUT2D eigenvalue weighted by molar-refractivity contribution is -0.130. The van der Waals surface area contributed by atoms with Gasteiger partial charge in [-0.2, -0.15) is 0 Å². The molecule has 1 aliphatic carbocycles. The van der Waals surface area contributed by atoms with Crippen LogP contribution in [-0.4, -0.2) is 178 Å². The van der Waals surface area contributed by atoms with Crippen molar-refractivity contribution in [3.8, 4) is 0 Å². The molecule has 1 aromatic heterocycles. The van der Waals surface area contributed by atoms with Gasteiger partial charge in [0, 0.05) is 25.3 Å². The van der Waals surface area contributed by atoms with E-state index < -0.39 is 74.0 Å². The molecule has 0 spiro atoms. The van der Waals surface area contributed by atoms with Gasteiger partial charge in [-0.3, -0.25) is 19.5 Å². The van der Waals surface area contributed by atoms with Crippen LogP contribution in [0.3, 0.4) is 0 Å². The minimum atomic E-state index is -1.89. The molecule has 21 heteroatoms. The summed E-state index contributed by atoms with van der Waals surface area (Å²) in [5.74, 6) is -1.09. The number of amidine groups is 1. The fourth-order valence-electron chi connectivity index (χ4n) is 7.83. The number of rotatable bonds is 27. The Balaban J connectivity index is 1.30. The SMILES string of the molecule is NC(=O)c1nc(Cl)cnc1C(N)=NCCCCc1ccc(CC(N)C(=O)Nc2ccc(CCCN(CC(O)C(O)C(O)C(O)CO)CC(O)C(O)C(O)C(O)CO)cc2)c2c1CCCC2. The standard InChI is InChI=1S/C44H65ClN8O12/c45-35-19-50-36(37(52-35)43(48)64)42(47)49-16-4-3-7-25-12-13-26(29-9-2-1-8-28(25)29)18-30(46)44(65)51-27-14-10-24(11-15-27)6-5-17-53(20-31(56)38(60)40(62)33(58)22-54)21-32(57)39(61)41(63)34(59)23-55/h10-15,19,30-34,38-41,54-63H,1-9,16-18,20-23,46H2,(H2,47,49)(H2,48,64)(H,51,65). The third-order valence-corrected chi connectivity index (χ3v) is 11.7. The zero-order valence-corrected chi connectivity index (χ0v) is 37.0. The number of amides is 2. The van der Waals surface area contributed by atoms with Crippen LogP contribution in [0, 0.1) is 0 Å². The second kappa shape index (κ2) is 26.2. The van der Waals surface area contributed by atoms with Crippen LogP contribution in [0.25, 0.3) is 0 Å². The van der Waals surface area contributed by atoms with E-state index in [4.69, 9.17) is 39.0 Å². The van der Waals surface area contributed by atoms with E-state index in [2.05, 4.69) is 32.4 Å². The lowest BCUT2D eigenvalue weighted by Gasteiger charge is -2.33. The largest absolute Gasteiger partial charge is 0.394 e. The molecule has 20 nitrogen and oxygen atoms in total. The molecule has 2 amide bonds. The number of benzene rings is 2. The number of fused-ring (bicyclic) bond motifs is 1. The van der Waals surface area contributed by atoms with Gasteiger partial charge in [-0.15, -0.1) is 0 Å². The first-order valence-corrected chi connectivity index (χ1v) is 22.1. The fourth-order valence-corrected chi connectivity index (χ4v) is 7.96. The number of carbonyl (C=O) groups is 2. The van der Waals surface area contributed by atoms with Gasteiger partial charge in [-0.1, -0.05) is 35.9 Å². The number of aryl methyl sites for hydroxylation is 2. The zero-order chi connectivity index (χ0) is 47.8. The number of nitrogens with one attached hydrogen (secondary N) is 1. The highest BCUT2D eigenvalue weighted by atomic mass is 35.5. The second-order valence-electron chi connectivity index (χ2n) is 16.5. The highest BCUT2D eigenvalue weighted by molar-refractivity contribution is 6.29. The maximum atomic E-state index is 13.3. The summed E-state index contributed by atoms with van der Waals surface area (Å²) in [7, 11) is 0.